The third-order valence-corrected chi connectivity index (χ3v) is 13.6. The highest BCUT2D eigenvalue weighted by Gasteiger charge is 2.59. The largest absolute Gasteiger partial charge is 0.462 e. The second kappa shape index (κ2) is 19.1. The summed E-state index contributed by atoms with van der Waals surface area (Å²) in [5.74, 6) is 4.71. The summed E-state index contributed by atoms with van der Waals surface area (Å²) in [6.07, 6.45) is 21.3. The smallest absolute Gasteiger partial charge is 0.335 e. The minimum absolute atomic E-state index is 0. The van der Waals surface area contributed by atoms with Crippen LogP contribution in [0.4, 0.5) is 0 Å². The molecule has 0 aromatic carbocycles. The highest BCUT2D eigenvalue weighted by Crippen LogP contribution is 2.68. The van der Waals surface area contributed by atoms with E-state index in [0.717, 1.165) is 60.7 Å². The molecule has 0 radical (unpaired) electrons. The van der Waals surface area contributed by atoms with Crippen molar-refractivity contribution in [1.82, 2.24) is 0 Å². The highest BCUT2D eigenvalue weighted by atomic mass is 16.5. The number of aliphatic hydroxyl groups excluding tert-OH is 2. The van der Waals surface area contributed by atoms with Gasteiger partial charge in [0.2, 0.25) is 0 Å². The fourth-order valence-corrected chi connectivity index (χ4v) is 10.8. The molecule has 4 fully saturated rings. The zero-order valence-electron chi connectivity index (χ0n) is 29.7. The van der Waals surface area contributed by atoms with Crippen molar-refractivity contribution in [3.05, 3.63) is 24.3 Å². The number of rotatable bonds is 17. The number of unbranched alkanes of at least 4 members (excludes halogenated alkanes) is 1. The van der Waals surface area contributed by atoms with Gasteiger partial charge in [-0.1, -0.05) is 87.8 Å². The van der Waals surface area contributed by atoms with E-state index in [0.29, 0.717) is 10.8 Å². The molecule has 6 heteroatoms. The lowest BCUT2D eigenvalue weighted by Crippen LogP contribution is -2.53. The van der Waals surface area contributed by atoms with Crippen molar-refractivity contribution in [3.8, 4) is 0 Å². The summed E-state index contributed by atoms with van der Waals surface area (Å²) in [6.45, 7) is 16.5. The van der Waals surface area contributed by atoms with Crippen LogP contribution >= 0.6 is 0 Å². The lowest BCUT2D eigenvalue weighted by Gasteiger charge is -2.61. The van der Waals surface area contributed by atoms with Gasteiger partial charge in [-0.05, 0) is 123 Å². The van der Waals surface area contributed by atoms with E-state index in [-0.39, 0.29) is 45.1 Å². The van der Waals surface area contributed by atoms with E-state index in [1.165, 1.54) is 83.5 Å². The molecule has 0 amide bonds. The second-order valence-corrected chi connectivity index (χ2v) is 16.8. The first-order chi connectivity index (χ1) is 21.9. The molecule has 278 valence electrons. The highest BCUT2D eigenvalue weighted by molar-refractivity contribution is 5.88. The van der Waals surface area contributed by atoms with Crippen molar-refractivity contribution >= 4 is 11.9 Å². The summed E-state index contributed by atoms with van der Waals surface area (Å²) in [7, 11) is 0. The Bertz CT molecular complexity index is 1020. The molecule has 48 heavy (non-hydrogen) atoms. The Morgan fingerprint density at radius 3 is 1.96 bits per heavy atom. The fourth-order valence-electron chi connectivity index (χ4n) is 10.8. The molecule has 8 unspecified atom stereocenters. The van der Waals surface area contributed by atoms with Crippen LogP contribution in [0.15, 0.2) is 24.3 Å². The van der Waals surface area contributed by atoms with Gasteiger partial charge in [0, 0.05) is 5.92 Å². The van der Waals surface area contributed by atoms with Crippen LogP contribution < -0.4 is 0 Å². The second-order valence-electron chi connectivity index (χ2n) is 16.8. The number of esters is 2. The molecule has 4 aliphatic carbocycles. The van der Waals surface area contributed by atoms with Crippen LogP contribution in [0.25, 0.3) is 0 Å². The van der Waals surface area contributed by atoms with Crippen LogP contribution in [0.3, 0.4) is 0 Å². The monoisotopic (exact) mass is 675 g/mol. The van der Waals surface area contributed by atoms with Crippen LogP contribution in [0.5, 0.6) is 0 Å². The van der Waals surface area contributed by atoms with Crippen molar-refractivity contribution in [2.45, 2.75) is 145 Å². The molecule has 0 aromatic heterocycles. The van der Waals surface area contributed by atoms with E-state index < -0.39 is 25.2 Å². The summed E-state index contributed by atoms with van der Waals surface area (Å²) in [4.78, 5) is 24.2. The van der Waals surface area contributed by atoms with E-state index >= 15 is 0 Å². The van der Waals surface area contributed by atoms with Gasteiger partial charge in [-0.25, -0.2) is 9.59 Å². The van der Waals surface area contributed by atoms with Crippen molar-refractivity contribution < 1.29 is 29.3 Å². The molecule has 0 saturated heterocycles. The molecule has 0 bridgehead atoms. The first-order valence-corrected chi connectivity index (χ1v) is 18.8. The van der Waals surface area contributed by atoms with Crippen LogP contribution in [0.1, 0.15) is 145 Å². The van der Waals surface area contributed by atoms with Crippen LogP contribution in [-0.4, -0.2) is 48.6 Å². The lowest BCUT2D eigenvalue weighted by atomic mass is 9.44. The molecule has 4 saturated carbocycles. The van der Waals surface area contributed by atoms with E-state index in [1.807, 2.05) is 0 Å². The Morgan fingerprint density at radius 1 is 0.750 bits per heavy atom. The normalized spacial score (nSPS) is 32.2. The van der Waals surface area contributed by atoms with Gasteiger partial charge in [0.25, 0.3) is 0 Å². The molecule has 0 spiro atoms. The van der Waals surface area contributed by atoms with Crippen molar-refractivity contribution in [1.29, 1.82) is 0 Å². The average Bonchev–Trinajstić information content (AvgIpc) is 3.38. The summed E-state index contributed by atoms with van der Waals surface area (Å²) < 4.78 is 10.7. The third kappa shape index (κ3) is 9.98. The summed E-state index contributed by atoms with van der Waals surface area (Å²) in [6, 6.07) is 0. The van der Waals surface area contributed by atoms with Crippen molar-refractivity contribution in [2.24, 2.45) is 58.2 Å². The molecular weight excluding hydrogens is 600 g/mol. The molecule has 2 N–H and O–H groups in total. The Balaban J connectivity index is 0.00000400. The predicted octanol–water partition coefficient (Wildman–Crippen LogP) is 9.72. The van der Waals surface area contributed by atoms with Crippen LogP contribution in [0.2, 0.25) is 0 Å². The van der Waals surface area contributed by atoms with Gasteiger partial charge >= 0.3 is 11.9 Å². The number of hydrogen-bond acceptors (Lipinski definition) is 6. The standard InChI is InChI=1S/C40H66O6.2CH4/c1-27(2)10-7-8-13-32-15-17-35-34-16-14-33-22-30(18-20-40(33,6)36(34)19-21-39(32,35)5)11-9-12-31(25-45-37(43)28(3)23-41)26-46-38(44)29(4)24-42;;/h27,30-36,41-42H,3-4,7-26H2,1-2,5-6H3;2*1H4. The molecule has 0 aliphatic heterocycles. The molecule has 4 aliphatic rings. The molecule has 0 aromatic rings. The zero-order valence-corrected chi connectivity index (χ0v) is 29.7. The van der Waals surface area contributed by atoms with Crippen LogP contribution in [0, 0.1) is 58.2 Å². The maximum Gasteiger partial charge on any atom is 0.335 e. The van der Waals surface area contributed by atoms with Crippen molar-refractivity contribution in [2.75, 3.05) is 26.4 Å². The van der Waals surface area contributed by atoms with Gasteiger partial charge in [0.15, 0.2) is 0 Å². The molecular formula is C42H74O6. The minimum atomic E-state index is -0.626. The quantitative estimate of drug-likeness (QED) is 0.0907. The van der Waals surface area contributed by atoms with E-state index in [1.54, 1.807) is 0 Å². The molecule has 4 rings (SSSR count). The van der Waals surface area contributed by atoms with Gasteiger partial charge in [-0.15, -0.1) is 0 Å². The molecule has 6 nitrogen and oxygen atoms in total. The van der Waals surface area contributed by atoms with Gasteiger partial charge < -0.3 is 19.7 Å². The van der Waals surface area contributed by atoms with E-state index in [4.69, 9.17) is 9.47 Å². The lowest BCUT2D eigenvalue weighted by molar-refractivity contribution is -0.144. The molecule has 8 atom stereocenters. The summed E-state index contributed by atoms with van der Waals surface area (Å²) in [5.41, 5.74) is 1.09. The maximum atomic E-state index is 12.1. The first-order valence-electron chi connectivity index (χ1n) is 18.8. The fraction of sp³-hybridized carbons (Fsp3) is 0.857. The van der Waals surface area contributed by atoms with Crippen LogP contribution in [-0.2, 0) is 19.1 Å². The maximum absolute atomic E-state index is 12.1. The third-order valence-electron chi connectivity index (χ3n) is 13.6. The number of aliphatic hydroxyl groups is 2. The Hall–Kier alpha value is -1.66. The number of carbonyl (C=O) groups excluding carboxylic acids is 2. The summed E-state index contributed by atoms with van der Waals surface area (Å²) in [5, 5.41) is 18.4. The number of carbonyl (C=O) groups is 2. The summed E-state index contributed by atoms with van der Waals surface area (Å²) >= 11 is 0. The van der Waals surface area contributed by atoms with Gasteiger partial charge in [0.05, 0.1) is 37.6 Å². The van der Waals surface area contributed by atoms with E-state index in [9.17, 15) is 19.8 Å². The van der Waals surface area contributed by atoms with Gasteiger partial charge in [-0.2, -0.15) is 0 Å². The van der Waals surface area contributed by atoms with Gasteiger partial charge in [0.1, 0.15) is 0 Å². The predicted molar refractivity (Wildman–Crippen MR) is 197 cm³/mol. The Morgan fingerprint density at radius 2 is 1.35 bits per heavy atom. The van der Waals surface area contributed by atoms with E-state index in [2.05, 4.69) is 40.9 Å². The Labute approximate surface area is 294 Å². The minimum Gasteiger partial charge on any atom is -0.462 e. The van der Waals surface area contributed by atoms with Crippen molar-refractivity contribution in [3.63, 3.8) is 0 Å². The number of hydrogen-bond donors (Lipinski definition) is 2. The topological polar surface area (TPSA) is 93.1 Å². The number of fused-ring (bicyclic) bond motifs is 5. The SMILES string of the molecule is C.C.C=C(CO)C(=O)OCC(CCCC1CCC2(C)C(CCC3C4CCC(CCCCC(C)C)C4(C)CCC32)C1)COC(=O)C(=C)CO. The number of ether oxygens (including phenoxy) is 2. The van der Waals surface area contributed by atoms with Gasteiger partial charge in [-0.3, -0.25) is 0 Å². The molecule has 0 heterocycles. The first kappa shape index (κ1) is 42.5. The Kier molecular flexibility index (Phi) is 16.9. The average molecular weight is 675 g/mol. The zero-order chi connectivity index (χ0) is 33.5.